The fraction of sp³-hybridized carbons (Fsp3) is 0.364. The first-order chi connectivity index (χ1) is 14.4. The van der Waals surface area contributed by atoms with Gasteiger partial charge in [0, 0.05) is 29.7 Å². The van der Waals surface area contributed by atoms with E-state index in [1.807, 2.05) is 18.2 Å². The van der Waals surface area contributed by atoms with E-state index in [2.05, 4.69) is 20.3 Å². The van der Waals surface area contributed by atoms with E-state index in [1.165, 1.54) is 12.3 Å². The zero-order valence-corrected chi connectivity index (χ0v) is 18.0. The summed E-state index contributed by atoms with van der Waals surface area (Å²) in [6, 6.07) is 11.3. The van der Waals surface area contributed by atoms with Crippen LogP contribution in [0.15, 0.2) is 41.4 Å². The molecule has 2 aromatic heterocycles. The Morgan fingerprint density at radius 2 is 2.03 bits per heavy atom. The molecule has 8 heteroatoms. The van der Waals surface area contributed by atoms with Gasteiger partial charge >= 0.3 is 0 Å². The number of pyridine rings is 1. The number of nitriles is 1. The highest BCUT2D eigenvalue weighted by molar-refractivity contribution is 7.89. The summed E-state index contributed by atoms with van der Waals surface area (Å²) in [5, 5.41) is 10.8. The number of nitrogens with one attached hydrogen (secondary N) is 1. The Bertz CT molecular complexity index is 1230. The Morgan fingerprint density at radius 3 is 2.57 bits per heavy atom. The molecule has 0 unspecified atom stereocenters. The summed E-state index contributed by atoms with van der Waals surface area (Å²) >= 11 is 0. The zero-order valence-electron chi connectivity index (χ0n) is 17.2. The van der Waals surface area contributed by atoms with Gasteiger partial charge in [0.1, 0.15) is 16.7 Å². The highest BCUT2D eigenvalue weighted by Gasteiger charge is 2.28. The molecule has 0 atom stereocenters. The van der Waals surface area contributed by atoms with Crippen LogP contribution in [0.3, 0.4) is 0 Å². The molecule has 1 aliphatic carbocycles. The highest BCUT2D eigenvalue weighted by Crippen LogP contribution is 2.42. The van der Waals surface area contributed by atoms with Gasteiger partial charge in [-0.2, -0.15) is 5.26 Å². The third-order valence-corrected chi connectivity index (χ3v) is 7.09. The van der Waals surface area contributed by atoms with Gasteiger partial charge in [-0.3, -0.25) is 4.98 Å². The molecule has 0 radical (unpaired) electrons. The number of nitrogens with zero attached hydrogens (tertiary/aromatic N) is 3. The third kappa shape index (κ3) is 3.44. The first kappa shape index (κ1) is 20.4. The normalized spacial score (nSPS) is 14.6. The van der Waals surface area contributed by atoms with Crippen LogP contribution in [0.1, 0.15) is 44.7 Å². The van der Waals surface area contributed by atoms with E-state index >= 15 is 0 Å². The average molecular weight is 425 g/mol. The molecule has 0 spiro atoms. The van der Waals surface area contributed by atoms with Crippen molar-refractivity contribution in [2.24, 2.45) is 0 Å². The van der Waals surface area contributed by atoms with E-state index < -0.39 is 10.0 Å². The smallest absolute Gasteiger partial charge is 0.242 e. The first-order valence-electron chi connectivity index (χ1n) is 9.96. The number of hydrogen-bond donors (Lipinski definition) is 1. The fourth-order valence-electron chi connectivity index (χ4n) is 3.86. The topological polar surface area (TPSA) is 97.0 Å². The molecule has 156 valence electrons. The van der Waals surface area contributed by atoms with Crippen LogP contribution in [0.2, 0.25) is 0 Å². The number of hydrogen-bond acceptors (Lipinski definition) is 5. The molecule has 3 aromatic rings. The third-order valence-electron chi connectivity index (χ3n) is 5.44. The minimum Gasteiger partial charge on any atom is -0.497 e. The van der Waals surface area contributed by atoms with Crippen LogP contribution in [0.25, 0.3) is 22.3 Å². The van der Waals surface area contributed by atoms with Crippen LogP contribution in [0.4, 0.5) is 0 Å². The van der Waals surface area contributed by atoms with Gasteiger partial charge in [0.15, 0.2) is 0 Å². The average Bonchev–Trinajstić information content (AvgIpc) is 2.99. The molecule has 1 N–H and O–H groups in total. The number of fused-ring (bicyclic) bond motifs is 1. The van der Waals surface area contributed by atoms with Crippen molar-refractivity contribution in [3.8, 4) is 23.2 Å². The summed E-state index contributed by atoms with van der Waals surface area (Å²) in [5.41, 5.74) is 2.79. The maximum Gasteiger partial charge on any atom is 0.242 e. The van der Waals surface area contributed by atoms with Crippen molar-refractivity contribution in [2.75, 3.05) is 7.11 Å². The van der Waals surface area contributed by atoms with E-state index in [0.29, 0.717) is 11.3 Å². The Kier molecular flexibility index (Phi) is 5.26. The molecule has 2 heterocycles. The van der Waals surface area contributed by atoms with Gasteiger partial charge in [0.2, 0.25) is 10.0 Å². The van der Waals surface area contributed by atoms with Crippen molar-refractivity contribution in [3.05, 3.63) is 42.1 Å². The van der Waals surface area contributed by atoms with Crippen LogP contribution < -0.4 is 9.46 Å². The van der Waals surface area contributed by atoms with Crippen molar-refractivity contribution in [1.29, 1.82) is 5.26 Å². The molecule has 1 aliphatic rings. The van der Waals surface area contributed by atoms with Crippen LogP contribution >= 0.6 is 0 Å². The van der Waals surface area contributed by atoms with Gasteiger partial charge in [-0.05, 0) is 57.4 Å². The maximum absolute atomic E-state index is 12.4. The predicted octanol–water partition coefficient (Wildman–Crippen LogP) is 4.00. The fourth-order valence-corrected chi connectivity index (χ4v) is 5.06. The molecular formula is C22H24N4O3S. The molecule has 7 nitrogen and oxygen atoms in total. The lowest BCUT2D eigenvalue weighted by Crippen LogP contribution is -2.30. The number of sulfonamides is 1. The Hall–Kier alpha value is -2.89. The second-order valence-electron chi connectivity index (χ2n) is 7.83. The standard InChI is InChI=1S/C22H24N4O3S/c1-14(2)25-30(27,28)17-8-10-20(24-13-17)22-19(12-23)18-9-7-16(29-3)11-21(18)26(22)15-5-4-6-15/h7-11,13-15,25H,4-6H2,1-3H3. The quantitative estimate of drug-likeness (QED) is 0.645. The van der Waals surface area contributed by atoms with Crippen molar-refractivity contribution in [3.63, 3.8) is 0 Å². The molecule has 0 bridgehead atoms. The van der Waals surface area contributed by atoms with Crippen LogP contribution in [-0.4, -0.2) is 31.1 Å². The van der Waals surface area contributed by atoms with E-state index in [0.717, 1.165) is 41.6 Å². The summed E-state index contributed by atoms with van der Waals surface area (Å²) in [4.78, 5) is 4.55. The summed E-state index contributed by atoms with van der Waals surface area (Å²) in [6.07, 6.45) is 4.55. The molecule has 1 fully saturated rings. The minimum absolute atomic E-state index is 0.103. The summed E-state index contributed by atoms with van der Waals surface area (Å²) < 4.78 is 35.0. The van der Waals surface area contributed by atoms with Gasteiger partial charge in [-0.25, -0.2) is 13.1 Å². The number of rotatable bonds is 6. The largest absolute Gasteiger partial charge is 0.497 e. The van der Waals surface area contributed by atoms with Gasteiger partial charge in [-0.1, -0.05) is 0 Å². The van der Waals surface area contributed by atoms with Gasteiger partial charge < -0.3 is 9.30 Å². The van der Waals surface area contributed by atoms with E-state index in [4.69, 9.17) is 4.74 Å². The van der Waals surface area contributed by atoms with Gasteiger partial charge in [0.05, 0.1) is 29.6 Å². The molecule has 0 amide bonds. The van der Waals surface area contributed by atoms with Gasteiger partial charge in [0.25, 0.3) is 0 Å². The van der Waals surface area contributed by atoms with Crippen LogP contribution in [-0.2, 0) is 10.0 Å². The Balaban J connectivity index is 1.89. The van der Waals surface area contributed by atoms with E-state index in [1.54, 1.807) is 27.0 Å². The van der Waals surface area contributed by atoms with Crippen molar-refractivity contribution in [2.45, 2.75) is 50.1 Å². The number of ether oxygens (including phenoxy) is 1. The van der Waals surface area contributed by atoms with E-state index in [-0.39, 0.29) is 17.0 Å². The lowest BCUT2D eigenvalue weighted by molar-refractivity contribution is 0.323. The monoisotopic (exact) mass is 424 g/mol. The summed E-state index contributed by atoms with van der Waals surface area (Å²) in [6.45, 7) is 3.54. The Morgan fingerprint density at radius 1 is 1.27 bits per heavy atom. The molecule has 0 aliphatic heterocycles. The Labute approximate surface area is 176 Å². The molecule has 1 aromatic carbocycles. The molecular weight excluding hydrogens is 400 g/mol. The predicted molar refractivity (Wildman–Crippen MR) is 115 cm³/mol. The maximum atomic E-state index is 12.4. The lowest BCUT2D eigenvalue weighted by Gasteiger charge is -2.30. The SMILES string of the molecule is COc1ccc2c(C#N)c(-c3ccc(S(=O)(=O)NC(C)C)cn3)n(C3CCC3)c2c1. The molecule has 30 heavy (non-hydrogen) atoms. The minimum atomic E-state index is -3.63. The zero-order chi connectivity index (χ0) is 21.5. The number of aromatic nitrogens is 2. The first-order valence-corrected chi connectivity index (χ1v) is 11.4. The van der Waals surface area contributed by atoms with Crippen LogP contribution in [0, 0.1) is 11.3 Å². The summed E-state index contributed by atoms with van der Waals surface area (Å²) in [5.74, 6) is 0.728. The highest BCUT2D eigenvalue weighted by atomic mass is 32.2. The van der Waals surface area contributed by atoms with Gasteiger partial charge in [-0.15, -0.1) is 0 Å². The summed E-state index contributed by atoms with van der Waals surface area (Å²) in [7, 11) is -2.01. The lowest BCUT2D eigenvalue weighted by atomic mass is 9.92. The van der Waals surface area contributed by atoms with Crippen molar-refractivity contribution >= 4 is 20.9 Å². The van der Waals surface area contributed by atoms with Crippen LogP contribution in [0.5, 0.6) is 5.75 Å². The number of methoxy groups -OCH3 is 1. The number of benzene rings is 1. The second-order valence-corrected chi connectivity index (χ2v) is 9.54. The van der Waals surface area contributed by atoms with E-state index in [9.17, 15) is 13.7 Å². The molecule has 1 saturated carbocycles. The molecule has 4 rings (SSSR count). The second kappa shape index (κ2) is 7.74. The molecule has 0 saturated heterocycles. The van der Waals surface area contributed by atoms with Crippen molar-refractivity contribution in [1.82, 2.24) is 14.3 Å². The van der Waals surface area contributed by atoms with Crippen molar-refractivity contribution < 1.29 is 13.2 Å².